The van der Waals surface area contributed by atoms with Crippen molar-refractivity contribution >= 4 is 32.9 Å². The van der Waals surface area contributed by atoms with Gasteiger partial charge < -0.3 is 14.5 Å². The van der Waals surface area contributed by atoms with Gasteiger partial charge >= 0.3 is 11.1 Å². The van der Waals surface area contributed by atoms with Crippen LogP contribution in [0.1, 0.15) is 26.3 Å². The molecule has 0 radical (unpaired) electrons. The molecule has 0 unspecified atom stereocenters. The van der Waals surface area contributed by atoms with E-state index in [1.807, 2.05) is 26.8 Å². The summed E-state index contributed by atoms with van der Waals surface area (Å²) < 4.78 is 9.03. The Bertz CT molecular complexity index is 728. The number of aromatic nitrogens is 2. The van der Waals surface area contributed by atoms with Crippen LogP contribution in [0, 0.1) is 0 Å². The van der Waals surface area contributed by atoms with Crippen LogP contribution in [0.2, 0.25) is 0 Å². The summed E-state index contributed by atoms with van der Waals surface area (Å²) in [4.78, 5) is 28.6. The molecule has 7 heteroatoms. The molecule has 0 aliphatic heterocycles. The van der Waals surface area contributed by atoms with E-state index in [9.17, 15) is 9.59 Å². The second-order valence-corrected chi connectivity index (χ2v) is 6.91. The van der Waals surface area contributed by atoms with Gasteiger partial charge in [-0.15, -0.1) is 0 Å². The van der Waals surface area contributed by atoms with Crippen LogP contribution in [0.25, 0.3) is 11.0 Å². The standard InChI is InChI=1S/C12H14N2O3S2/c1-12(2,3)6-4-7-8(5-9(6)18-19-17)14-11(16)10(15)13-7/h4-5,17H,1-3H3,(H,13,15)(H,14,16). The molecule has 0 saturated carbocycles. The first-order valence-electron chi connectivity index (χ1n) is 5.62. The highest BCUT2D eigenvalue weighted by Gasteiger charge is 2.20. The Morgan fingerprint density at radius 2 is 1.58 bits per heavy atom. The number of fused-ring (bicyclic) bond motifs is 1. The molecule has 0 saturated heterocycles. The third kappa shape index (κ3) is 2.88. The van der Waals surface area contributed by atoms with Crippen LogP contribution >= 0.6 is 21.9 Å². The van der Waals surface area contributed by atoms with Crippen LogP contribution in [0.3, 0.4) is 0 Å². The average Bonchev–Trinajstić information content (AvgIpc) is 2.29. The molecule has 0 aliphatic rings. The molecule has 19 heavy (non-hydrogen) atoms. The Kier molecular flexibility index (Phi) is 3.80. The Hall–Kier alpha value is -1.18. The number of rotatable bonds is 2. The fourth-order valence-corrected chi connectivity index (χ4v) is 3.20. The predicted octanol–water partition coefficient (Wildman–Crippen LogP) is 2.73. The topological polar surface area (TPSA) is 86.0 Å². The van der Waals surface area contributed by atoms with E-state index < -0.39 is 11.1 Å². The first-order chi connectivity index (χ1) is 8.82. The molecule has 3 N–H and O–H groups in total. The van der Waals surface area contributed by atoms with Crippen LogP contribution in [0.5, 0.6) is 0 Å². The SMILES string of the molecule is CC(C)(C)c1cc2[nH]c(=O)c(=O)[nH]c2cc1SSO. The molecule has 0 spiro atoms. The van der Waals surface area contributed by atoms with Crippen LogP contribution in [0.4, 0.5) is 0 Å². The van der Waals surface area contributed by atoms with Gasteiger partial charge in [-0.2, -0.15) is 0 Å². The van der Waals surface area contributed by atoms with Crippen LogP contribution < -0.4 is 11.1 Å². The first-order valence-corrected chi connectivity index (χ1v) is 7.72. The van der Waals surface area contributed by atoms with Crippen molar-refractivity contribution in [1.82, 2.24) is 9.97 Å². The Morgan fingerprint density at radius 1 is 1.05 bits per heavy atom. The molecule has 0 amide bonds. The van der Waals surface area contributed by atoms with E-state index in [4.69, 9.17) is 4.55 Å². The van der Waals surface area contributed by atoms with Crippen molar-refractivity contribution in [3.8, 4) is 0 Å². The molecule has 0 fully saturated rings. The molecule has 0 bridgehead atoms. The highest BCUT2D eigenvalue weighted by atomic mass is 33.1. The summed E-state index contributed by atoms with van der Waals surface area (Å²) in [5.41, 5.74) is 0.650. The lowest BCUT2D eigenvalue weighted by Gasteiger charge is -2.22. The molecule has 2 aromatic rings. The van der Waals surface area contributed by atoms with E-state index in [0.29, 0.717) is 22.1 Å². The zero-order valence-corrected chi connectivity index (χ0v) is 12.4. The lowest BCUT2D eigenvalue weighted by Crippen LogP contribution is -2.29. The maximum Gasteiger partial charge on any atom is 0.314 e. The van der Waals surface area contributed by atoms with Crippen LogP contribution in [-0.4, -0.2) is 14.5 Å². The maximum atomic E-state index is 11.4. The molecule has 2 rings (SSSR count). The smallest absolute Gasteiger partial charge is 0.314 e. The Labute approximate surface area is 117 Å². The molecular formula is C12H14N2O3S2. The normalized spacial score (nSPS) is 12.0. The summed E-state index contributed by atoms with van der Waals surface area (Å²) in [6.45, 7) is 6.14. The molecule has 1 aromatic carbocycles. The highest BCUT2D eigenvalue weighted by Crippen LogP contribution is 2.38. The molecule has 102 valence electrons. The summed E-state index contributed by atoms with van der Waals surface area (Å²) in [6, 6.07) is 3.60. The van der Waals surface area contributed by atoms with Crippen molar-refractivity contribution in [2.75, 3.05) is 0 Å². The average molecular weight is 298 g/mol. The minimum atomic E-state index is -0.677. The van der Waals surface area contributed by atoms with Gasteiger partial charge in [0.2, 0.25) is 0 Å². The Balaban J connectivity index is 2.80. The lowest BCUT2D eigenvalue weighted by atomic mass is 9.87. The highest BCUT2D eigenvalue weighted by molar-refractivity contribution is 8.74. The quantitative estimate of drug-likeness (QED) is 0.451. The number of aromatic amines is 2. The minimum Gasteiger partial charge on any atom is -0.320 e. The molecule has 0 aliphatic carbocycles. The van der Waals surface area contributed by atoms with Crippen molar-refractivity contribution in [3.05, 3.63) is 38.4 Å². The zero-order valence-electron chi connectivity index (χ0n) is 10.7. The van der Waals surface area contributed by atoms with Crippen LogP contribution in [0.15, 0.2) is 26.6 Å². The molecule has 5 nitrogen and oxygen atoms in total. The second-order valence-electron chi connectivity index (χ2n) is 5.21. The van der Waals surface area contributed by atoms with Crippen molar-refractivity contribution in [1.29, 1.82) is 0 Å². The van der Waals surface area contributed by atoms with E-state index in [2.05, 4.69) is 9.97 Å². The largest absolute Gasteiger partial charge is 0.320 e. The summed E-state index contributed by atoms with van der Waals surface area (Å²) in [7, 11) is 1.21. The molecule has 0 atom stereocenters. The molecular weight excluding hydrogens is 284 g/mol. The van der Waals surface area contributed by atoms with Gasteiger partial charge in [0.1, 0.15) is 0 Å². The van der Waals surface area contributed by atoms with Gasteiger partial charge in [-0.1, -0.05) is 20.8 Å². The van der Waals surface area contributed by atoms with Gasteiger partial charge in [0.25, 0.3) is 0 Å². The first kappa shape index (κ1) is 14.2. The van der Waals surface area contributed by atoms with Crippen molar-refractivity contribution < 1.29 is 4.55 Å². The van der Waals surface area contributed by atoms with Crippen molar-refractivity contribution in [2.45, 2.75) is 31.1 Å². The van der Waals surface area contributed by atoms with Gasteiger partial charge in [0.05, 0.1) is 22.1 Å². The van der Waals surface area contributed by atoms with Gasteiger partial charge in [-0.25, -0.2) is 0 Å². The fraction of sp³-hybridized carbons (Fsp3) is 0.333. The van der Waals surface area contributed by atoms with Gasteiger partial charge in [0, 0.05) is 4.90 Å². The van der Waals surface area contributed by atoms with Gasteiger partial charge in [-0.05, 0) is 33.9 Å². The summed E-state index contributed by atoms with van der Waals surface area (Å²) in [6.07, 6.45) is 0. The second kappa shape index (κ2) is 5.07. The number of benzene rings is 1. The number of hydrogen-bond donors (Lipinski definition) is 3. The van der Waals surface area contributed by atoms with Crippen molar-refractivity contribution in [2.24, 2.45) is 0 Å². The zero-order chi connectivity index (χ0) is 14.2. The predicted molar refractivity (Wildman–Crippen MR) is 80.0 cm³/mol. The molecule has 1 heterocycles. The molecule has 1 aromatic heterocycles. The monoisotopic (exact) mass is 298 g/mol. The van der Waals surface area contributed by atoms with E-state index in [0.717, 1.165) is 10.5 Å². The van der Waals surface area contributed by atoms with E-state index >= 15 is 0 Å². The minimum absolute atomic E-state index is 0.140. The third-order valence-electron chi connectivity index (χ3n) is 2.76. The third-order valence-corrected chi connectivity index (χ3v) is 4.11. The summed E-state index contributed by atoms with van der Waals surface area (Å²) in [5, 5.41) is 0. The number of nitrogens with one attached hydrogen (secondary N) is 2. The van der Waals surface area contributed by atoms with Crippen LogP contribution in [-0.2, 0) is 5.41 Å². The summed E-state index contributed by atoms with van der Waals surface area (Å²) in [5.74, 6) is 0. The van der Waals surface area contributed by atoms with Gasteiger partial charge in [0.15, 0.2) is 0 Å². The van der Waals surface area contributed by atoms with Gasteiger partial charge in [-0.3, -0.25) is 9.59 Å². The van der Waals surface area contributed by atoms with E-state index in [1.165, 1.54) is 10.8 Å². The number of H-pyrrole nitrogens is 2. The van der Waals surface area contributed by atoms with E-state index in [1.54, 1.807) is 6.07 Å². The fourth-order valence-electron chi connectivity index (χ4n) is 1.84. The van der Waals surface area contributed by atoms with Crippen molar-refractivity contribution in [3.63, 3.8) is 0 Å². The lowest BCUT2D eigenvalue weighted by molar-refractivity contribution is 0.579. The Morgan fingerprint density at radius 3 is 2.05 bits per heavy atom. The van der Waals surface area contributed by atoms with E-state index in [-0.39, 0.29) is 5.41 Å². The summed E-state index contributed by atoms with van der Waals surface area (Å²) >= 11 is 0.654. The number of hydrogen-bond acceptors (Lipinski definition) is 5. The maximum absolute atomic E-state index is 11.4.